The number of rotatable bonds is 10. The predicted octanol–water partition coefficient (Wildman–Crippen LogP) is 3.47. The fourth-order valence-corrected chi connectivity index (χ4v) is 5.87. The van der Waals surface area contributed by atoms with Crippen molar-refractivity contribution < 1.29 is 27.0 Å². The van der Waals surface area contributed by atoms with Crippen molar-refractivity contribution in [2.45, 2.75) is 49.9 Å². The molecule has 3 aliphatic rings. The van der Waals surface area contributed by atoms with Gasteiger partial charge < -0.3 is 31.2 Å². The van der Waals surface area contributed by atoms with Gasteiger partial charge in [-0.25, -0.2) is 14.8 Å². The van der Waals surface area contributed by atoms with E-state index in [1.54, 1.807) is 5.01 Å². The third kappa shape index (κ3) is 6.95. The monoisotopic (exact) mass is 606 g/mol. The van der Waals surface area contributed by atoms with Gasteiger partial charge in [0.15, 0.2) is 0 Å². The van der Waals surface area contributed by atoms with Crippen molar-refractivity contribution in [1.82, 2.24) is 25.2 Å². The van der Waals surface area contributed by atoms with Crippen molar-refractivity contribution in [3.8, 4) is 5.75 Å². The van der Waals surface area contributed by atoms with E-state index >= 15 is 4.39 Å². The molecule has 3 aliphatic heterocycles. The van der Waals surface area contributed by atoms with Crippen LogP contribution in [-0.2, 0) is 17.5 Å². The predicted molar refractivity (Wildman–Crippen MR) is 154 cm³/mol. The average molecular weight is 607 g/mol. The molecule has 234 valence electrons. The minimum absolute atomic E-state index is 0.0123. The summed E-state index contributed by atoms with van der Waals surface area (Å²) in [4.78, 5) is 8.71. The highest BCUT2D eigenvalue weighted by atomic mass is 19.4. The minimum Gasteiger partial charge on any atom is -0.497 e. The minimum atomic E-state index is -4.65. The highest BCUT2D eigenvalue weighted by Gasteiger charge is 2.45. The van der Waals surface area contributed by atoms with Crippen LogP contribution in [0.25, 0.3) is 0 Å². The summed E-state index contributed by atoms with van der Waals surface area (Å²) in [6, 6.07) is 4.92. The van der Waals surface area contributed by atoms with Crippen LogP contribution >= 0.6 is 0 Å². The smallest absolute Gasteiger partial charge is 0.418 e. The molecule has 14 heteroatoms. The molecule has 3 atom stereocenters. The SMILES string of the molecule is COc1ccc(Nc2cnc(CN(CN)NC3(N4C=C([C@@H]5CCCN5C)C=CC4)COC(N)C3)c(F)c2)c(C(F)(F)F)c1. The molecular formula is C29H38F4N8O2. The van der Waals surface area contributed by atoms with Gasteiger partial charge in [0, 0.05) is 31.3 Å². The summed E-state index contributed by atoms with van der Waals surface area (Å²) in [7, 11) is 3.40. The molecule has 1 aromatic heterocycles. The third-order valence-electron chi connectivity index (χ3n) is 8.10. The molecule has 0 aliphatic carbocycles. The Bertz CT molecular complexity index is 1360. The Morgan fingerprint density at radius 3 is 2.72 bits per heavy atom. The van der Waals surface area contributed by atoms with Gasteiger partial charge in [0.2, 0.25) is 0 Å². The van der Waals surface area contributed by atoms with Gasteiger partial charge >= 0.3 is 6.18 Å². The lowest BCUT2D eigenvalue weighted by atomic mass is 10.00. The lowest BCUT2D eigenvalue weighted by Crippen LogP contribution is -2.64. The second-order valence-electron chi connectivity index (χ2n) is 11.1. The van der Waals surface area contributed by atoms with Gasteiger partial charge in [-0.05, 0) is 50.2 Å². The zero-order chi connectivity index (χ0) is 30.8. The Balaban J connectivity index is 1.32. The van der Waals surface area contributed by atoms with Crippen LogP contribution in [0.3, 0.4) is 0 Å². The maximum Gasteiger partial charge on any atom is 0.418 e. The maximum absolute atomic E-state index is 15.3. The molecule has 0 saturated carbocycles. The fourth-order valence-electron chi connectivity index (χ4n) is 5.87. The molecule has 4 heterocycles. The van der Waals surface area contributed by atoms with E-state index < -0.39 is 29.4 Å². The Morgan fingerprint density at radius 1 is 1.28 bits per heavy atom. The van der Waals surface area contributed by atoms with Gasteiger partial charge in [-0.3, -0.25) is 9.88 Å². The molecule has 0 spiro atoms. The van der Waals surface area contributed by atoms with Crippen molar-refractivity contribution in [2.75, 3.05) is 45.8 Å². The number of halogens is 4. The number of aromatic nitrogens is 1. The number of likely N-dealkylation sites (tertiary alicyclic amines) is 1. The Hall–Kier alpha value is -3.27. The lowest BCUT2D eigenvalue weighted by Gasteiger charge is -2.44. The van der Waals surface area contributed by atoms with E-state index in [0.717, 1.165) is 31.5 Å². The highest BCUT2D eigenvalue weighted by molar-refractivity contribution is 5.64. The first kappa shape index (κ1) is 31.2. The summed E-state index contributed by atoms with van der Waals surface area (Å²) in [5.41, 5.74) is 15.1. The zero-order valence-corrected chi connectivity index (χ0v) is 24.2. The van der Waals surface area contributed by atoms with Crippen LogP contribution in [0.4, 0.5) is 28.9 Å². The van der Waals surface area contributed by atoms with E-state index in [9.17, 15) is 13.2 Å². The number of anilines is 2. The second kappa shape index (κ2) is 12.8. The number of methoxy groups -OCH3 is 1. The van der Waals surface area contributed by atoms with Crippen LogP contribution in [0.2, 0.25) is 0 Å². The standard InChI is InChI=1S/C29H38F4N8O2/c1-39-9-4-6-26(39)19-5-3-10-40(15-19)28(13-27(35)43-17-28)38-41(18-34)16-25-23(30)11-20(14-36-25)37-24-8-7-21(42-2)12-22(24)29(31,32)33/h3,5,7-8,11-12,14-15,26-27,37-38H,4,6,9-10,13,16-18,34-35H2,1-2H3/t26-,27?,28?/m0/s1. The molecule has 2 unspecified atom stereocenters. The molecule has 0 amide bonds. The van der Waals surface area contributed by atoms with Gasteiger partial charge in [-0.1, -0.05) is 12.2 Å². The molecule has 10 nitrogen and oxygen atoms in total. The van der Waals surface area contributed by atoms with Crippen LogP contribution in [0.15, 0.2) is 54.4 Å². The van der Waals surface area contributed by atoms with E-state index in [1.807, 2.05) is 0 Å². The average Bonchev–Trinajstić information content (AvgIpc) is 3.59. The Morgan fingerprint density at radius 2 is 2.09 bits per heavy atom. The van der Waals surface area contributed by atoms with Crippen molar-refractivity contribution in [3.05, 3.63) is 71.5 Å². The summed E-state index contributed by atoms with van der Waals surface area (Å²) in [5, 5.41) is 4.26. The number of nitrogens with one attached hydrogen (secondary N) is 2. The molecule has 6 N–H and O–H groups in total. The molecule has 1 aromatic carbocycles. The quantitative estimate of drug-likeness (QED) is 0.182. The number of hydrogen-bond donors (Lipinski definition) is 4. The van der Waals surface area contributed by atoms with E-state index in [0.29, 0.717) is 19.0 Å². The summed E-state index contributed by atoms with van der Waals surface area (Å²) in [5.74, 6) is -0.649. The molecular weight excluding hydrogens is 568 g/mol. The maximum atomic E-state index is 15.3. The topological polar surface area (TPSA) is 117 Å². The number of pyridine rings is 1. The summed E-state index contributed by atoms with van der Waals surface area (Å²) < 4.78 is 66.9. The van der Waals surface area contributed by atoms with Gasteiger partial charge in [-0.2, -0.15) is 13.2 Å². The number of nitrogens with two attached hydrogens (primary N) is 2. The van der Waals surface area contributed by atoms with Crippen molar-refractivity contribution in [2.24, 2.45) is 11.5 Å². The van der Waals surface area contributed by atoms with Crippen molar-refractivity contribution in [1.29, 1.82) is 0 Å². The zero-order valence-electron chi connectivity index (χ0n) is 24.2. The Labute approximate surface area is 248 Å². The first-order chi connectivity index (χ1) is 20.5. The number of hydrogen-bond acceptors (Lipinski definition) is 10. The van der Waals surface area contributed by atoms with Crippen molar-refractivity contribution in [3.63, 3.8) is 0 Å². The van der Waals surface area contributed by atoms with Crippen LogP contribution in [0.5, 0.6) is 5.75 Å². The number of nitrogens with zero attached hydrogens (tertiary/aromatic N) is 4. The molecule has 2 aromatic rings. The normalized spacial score (nSPS) is 24.6. The number of likely N-dealkylation sites (N-methyl/N-ethyl adjacent to an activating group) is 1. The van der Waals surface area contributed by atoms with E-state index in [-0.39, 0.29) is 42.6 Å². The Kier molecular flexibility index (Phi) is 9.25. The van der Waals surface area contributed by atoms with Crippen LogP contribution < -0.4 is 26.9 Å². The molecule has 0 radical (unpaired) electrons. The first-order valence-corrected chi connectivity index (χ1v) is 14.1. The molecule has 0 bridgehead atoms. The van der Waals surface area contributed by atoms with Gasteiger partial charge in [0.1, 0.15) is 23.5 Å². The lowest BCUT2D eigenvalue weighted by molar-refractivity contribution is -0.137. The molecule has 5 rings (SSSR count). The largest absolute Gasteiger partial charge is 0.497 e. The van der Waals surface area contributed by atoms with Crippen LogP contribution in [-0.4, -0.2) is 78.2 Å². The van der Waals surface area contributed by atoms with Gasteiger partial charge in [-0.15, -0.1) is 0 Å². The van der Waals surface area contributed by atoms with E-state index in [1.165, 1.54) is 31.0 Å². The number of benzene rings is 1. The fraction of sp³-hybridized carbons (Fsp3) is 0.483. The van der Waals surface area contributed by atoms with Gasteiger partial charge in [0.25, 0.3) is 0 Å². The first-order valence-electron chi connectivity index (χ1n) is 14.1. The van der Waals surface area contributed by atoms with Crippen molar-refractivity contribution >= 4 is 11.4 Å². The summed E-state index contributed by atoms with van der Waals surface area (Å²) in [6.45, 7) is 1.96. The van der Waals surface area contributed by atoms with Gasteiger partial charge in [0.05, 0.1) is 55.8 Å². The van der Waals surface area contributed by atoms with Crippen LogP contribution in [0, 0.1) is 5.82 Å². The number of alkyl halides is 3. The van der Waals surface area contributed by atoms with E-state index in [2.05, 4.69) is 50.9 Å². The van der Waals surface area contributed by atoms with E-state index in [4.69, 9.17) is 20.9 Å². The third-order valence-corrected chi connectivity index (χ3v) is 8.10. The summed E-state index contributed by atoms with van der Waals surface area (Å²) >= 11 is 0. The second-order valence-corrected chi connectivity index (χ2v) is 11.1. The number of hydrazine groups is 1. The summed E-state index contributed by atoms with van der Waals surface area (Å²) in [6.07, 6.45) is 5.23. The highest BCUT2D eigenvalue weighted by Crippen LogP contribution is 2.38. The molecule has 43 heavy (non-hydrogen) atoms. The molecule has 2 fully saturated rings. The number of ether oxygens (including phenoxy) is 2. The molecule has 2 saturated heterocycles. The van der Waals surface area contributed by atoms with Crippen LogP contribution in [0.1, 0.15) is 30.5 Å².